The fraction of sp³-hybridized carbons (Fsp3) is 0.368. The smallest absolute Gasteiger partial charge is 0.376 e. The summed E-state index contributed by atoms with van der Waals surface area (Å²) in [4.78, 5) is 9.84. The van der Waals surface area contributed by atoms with Gasteiger partial charge in [-0.2, -0.15) is 0 Å². The van der Waals surface area contributed by atoms with Gasteiger partial charge < -0.3 is 9.42 Å². The molecule has 3 nitrogen and oxygen atoms in total. The summed E-state index contributed by atoms with van der Waals surface area (Å²) in [6.07, 6.45) is 1.76. The van der Waals surface area contributed by atoms with Gasteiger partial charge in [-0.1, -0.05) is 69.7 Å². The zero-order valence-corrected chi connectivity index (χ0v) is 14.9. The van der Waals surface area contributed by atoms with Crippen molar-refractivity contribution in [3.05, 3.63) is 65.7 Å². The first kappa shape index (κ1) is 17.8. The van der Waals surface area contributed by atoms with Gasteiger partial charge in [-0.05, 0) is 29.7 Å². The molecule has 1 N–H and O–H groups in total. The Morgan fingerprint density at radius 2 is 1.57 bits per heavy atom. The van der Waals surface area contributed by atoms with Crippen molar-refractivity contribution in [2.24, 2.45) is 0 Å². The molecule has 0 aliphatic rings. The van der Waals surface area contributed by atoms with Gasteiger partial charge in [-0.25, -0.2) is 4.57 Å². The van der Waals surface area contributed by atoms with E-state index >= 15 is 0 Å². The molecule has 2 aromatic rings. The van der Waals surface area contributed by atoms with Gasteiger partial charge in [0.05, 0.1) is 6.16 Å². The van der Waals surface area contributed by atoms with Crippen molar-refractivity contribution in [2.75, 3.05) is 6.16 Å². The van der Waals surface area contributed by atoms with Crippen LogP contribution in [0.4, 0.5) is 0 Å². The van der Waals surface area contributed by atoms with E-state index in [4.69, 9.17) is 4.52 Å². The van der Waals surface area contributed by atoms with Gasteiger partial charge in [0.25, 0.3) is 0 Å². The highest BCUT2D eigenvalue weighted by molar-refractivity contribution is 7.53. The number of hydrogen-bond donors (Lipinski definition) is 1. The zero-order chi connectivity index (χ0) is 16.9. The summed E-state index contributed by atoms with van der Waals surface area (Å²) in [5.74, 6) is 0.444. The average molecular weight is 332 g/mol. The highest BCUT2D eigenvalue weighted by Crippen LogP contribution is 2.44. The summed E-state index contributed by atoms with van der Waals surface area (Å²) in [6.45, 7) is 6.31. The Hall–Kier alpha value is -1.57. The Kier molecular flexibility index (Phi) is 5.67. The molecule has 124 valence electrons. The zero-order valence-electron chi connectivity index (χ0n) is 14.0. The molecule has 0 aromatic heterocycles. The number of unbranched alkanes of at least 4 members (excludes halogenated alkanes) is 1. The molecule has 1 atom stereocenters. The molecule has 0 radical (unpaired) electrons. The summed E-state index contributed by atoms with van der Waals surface area (Å²) in [6, 6.07) is 17.8. The number of benzene rings is 2. The van der Waals surface area contributed by atoms with Crippen molar-refractivity contribution < 1.29 is 14.0 Å². The molecule has 0 aliphatic carbocycles. The summed E-state index contributed by atoms with van der Waals surface area (Å²) < 4.78 is 17.3. The van der Waals surface area contributed by atoms with E-state index in [0.717, 1.165) is 12.0 Å². The molecule has 0 aliphatic heterocycles. The minimum absolute atomic E-state index is 0.134. The van der Waals surface area contributed by atoms with Gasteiger partial charge in [0.2, 0.25) is 0 Å². The van der Waals surface area contributed by atoms with Gasteiger partial charge in [0, 0.05) is 5.41 Å². The third-order valence-electron chi connectivity index (χ3n) is 4.11. The van der Waals surface area contributed by atoms with Gasteiger partial charge in [0.15, 0.2) is 0 Å². The van der Waals surface area contributed by atoms with Crippen molar-refractivity contribution in [3.8, 4) is 5.75 Å². The van der Waals surface area contributed by atoms with Crippen LogP contribution in [0.2, 0.25) is 0 Å². The van der Waals surface area contributed by atoms with Crippen LogP contribution in [0.3, 0.4) is 0 Å². The molecule has 0 heterocycles. The van der Waals surface area contributed by atoms with Crippen molar-refractivity contribution in [1.82, 2.24) is 0 Å². The SMILES string of the molecule is CCCCP(=O)(O)Oc1ccc(C(C)(C)c2ccccc2)cc1. The second-order valence-electron chi connectivity index (χ2n) is 6.32. The first-order valence-electron chi connectivity index (χ1n) is 8.02. The minimum Gasteiger partial charge on any atom is -0.424 e. The standard InChI is InChI=1S/C19H25O3P/c1-4-5-15-23(20,21)22-18-13-11-17(12-14-18)19(2,3)16-9-7-6-8-10-16/h6-14H,4-5,15H2,1-3H3,(H,20,21). The molecule has 0 bridgehead atoms. The predicted octanol–water partition coefficient (Wildman–Crippen LogP) is 5.38. The lowest BCUT2D eigenvalue weighted by Gasteiger charge is -2.26. The van der Waals surface area contributed by atoms with E-state index in [1.165, 1.54) is 5.56 Å². The Morgan fingerprint density at radius 3 is 2.13 bits per heavy atom. The highest BCUT2D eigenvalue weighted by Gasteiger charge is 2.24. The molecule has 0 spiro atoms. The molecular weight excluding hydrogens is 307 g/mol. The van der Waals surface area contributed by atoms with Crippen LogP contribution >= 0.6 is 7.60 Å². The largest absolute Gasteiger partial charge is 0.424 e. The maximum absolute atomic E-state index is 12.0. The van der Waals surface area contributed by atoms with E-state index in [-0.39, 0.29) is 11.6 Å². The molecule has 1 unspecified atom stereocenters. The van der Waals surface area contributed by atoms with Crippen LogP contribution in [0.25, 0.3) is 0 Å². The van der Waals surface area contributed by atoms with Crippen LogP contribution in [-0.4, -0.2) is 11.1 Å². The molecule has 0 fully saturated rings. The lowest BCUT2D eigenvalue weighted by molar-refractivity contribution is 0.378. The third-order valence-corrected chi connectivity index (χ3v) is 5.49. The molecule has 23 heavy (non-hydrogen) atoms. The molecule has 2 rings (SSSR count). The lowest BCUT2D eigenvalue weighted by Crippen LogP contribution is -2.18. The van der Waals surface area contributed by atoms with Crippen LogP contribution in [0.1, 0.15) is 44.7 Å². The first-order chi connectivity index (χ1) is 10.8. The molecule has 0 amide bonds. The lowest BCUT2D eigenvalue weighted by atomic mass is 9.78. The quantitative estimate of drug-likeness (QED) is 0.693. The summed E-state index contributed by atoms with van der Waals surface area (Å²) in [5, 5.41) is 0. The van der Waals surface area contributed by atoms with Crippen LogP contribution in [-0.2, 0) is 9.98 Å². The van der Waals surface area contributed by atoms with E-state index in [1.807, 2.05) is 37.3 Å². The Labute approximate surface area is 138 Å². The molecule has 4 heteroatoms. The minimum atomic E-state index is -3.54. The highest BCUT2D eigenvalue weighted by atomic mass is 31.2. The molecule has 0 saturated carbocycles. The summed E-state index contributed by atoms with van der Waals surface area (Å²) in [7, 11) is -3.54. The predicted molar refractivity (Wildman–Crippen MR) is 95.2 cm³/mol. The van der Waals surface area contributed by atoms with E-state index < -0.39 is 7.60 Å². The Balaban J connectivity index is 2.15. The molecule has 0 saturated heterocycles. The topological polar surface area (TPSA) is 46.5 Å². The first-order valence-corrected chi connectivity index (χ1v) is 9.79. The van der Waals surface area contributed by atoms with Crippen molar-refractivity contribution in [2.45, 2.75) is 39.0 Å². The van der Waals surface area contributed by atoms with Gasteiger partial charge in [-0.3, -0.25) is 0 Å². The number of rotatable bonds is 7. The van der Waals surface area contributed by atoms with E-state index in [1.54, 1.807) is 12.1 Å². The number of hydrogen-bond acceptors (Lipinski definition) is 2. The van der Waals surface area contributed by atoms with E-state index in [0.29, 0.717) is 12.2 Å². The molecular formula is C19H25O3P. The van der Waals surface area contributed by atoms with E-state index in [9.17, 15) is 9.46 Å². The Bertz CT molecular complexity index is 663. The normalized spacial score (nSPS) is 14.3. The van der Waals surface area contributed by atoms with Crippen LogP contribution in [0, 0.1) is 0 Å². The van der Waals surface area contributed by atoms with Gasteiger partial charge in [-0.15, -0.1) is 0 Å². The van der Waals surface area contributed by atoms with Crippen LogP contribution < -0.4 is 4.52 Å². The average Bonchev–Trinajstić information content (AvgIpc) is 2.54. The van der Waals surface area contributed by atoms with Crippen molar-refractivity contribution in [3.63, 3.8) is 0 Å². The summed E-state index contributed by atoms with van der Waals surface area (Å²) in [5.41, 5.74) is 2.23. The fourth-order valence-corrected chi connectivity index (χ4v) is 3.78. The van der Waals surface area contributed by atoms with Crippen LogP contribution in [0.5, 0.6) is 5.75 Å². The monoisotopic (exact) mass is 332 g/mol. The van der Waals surface area contributed by atoms with Crippen molar-refractivity contribution in [1.29, 1.82) is 0 Å². The van der Waals surface area contributed by atoms with Gasteiger partial charge >= 0.3 is 7.60 Å². The maximum atomic E-state index is 12.0. The molecule has 2 aromatic carbocycles. The van der Waals surface area contributed by atoms with E-state index in [2.05, 4.69) is 26.0 Å². The third kappa shape index (κ3) is 4.70. The summed E-state index contributed by atoms with van der Waals surface area (Å²) >= 11 is 0. The van der Waals surface area contributed by atoms with Gasteiger partial charge in [0.1, 0.15) is 5.75 Å². The second-order valence-corrected chi connectivity index (χ2v) is 8.23. The maximum Gasteiger partial charge on any atom is 0.376 e. The fourth-order valence-electron chi connectivity index (χ4n) is 2.52. The van der Waals surface area contributed by atoms with Crippen LogP contribution in [0.15, 0.2) is 54.6 Å². The van der Waals surface area contributed by atoms with Crippen molar-refractivity contribution >= 4 is 7.60 Å². The Morgan fingerprint density at radius 1 is 1.00 bits per heavy atom. The second kappa shape index (κ2) is 7.33.